The molecule has 0 spiro atoms. The average molecular weight is 177 g/mol. The van der Waals surface area contributed by atoms with E-state index in [0.717, 1.165) is 4.90 Å². The number of likely N-dealkylation sites (tertiary alicyclic amines) is 1. The highest BCUT2D eigenvalue weighted by Gasteiger charge is 2.31. The molecule has 0 aliphatic carbocycles. The molecule has 2 atom stereocenters. The molecule has 5 heteroatoms. The van der Waals surface area contributed by atoms with Gasteiger partial charge in [-0.3, -0.25) is 0 Å². The van der Waals surface area contributed by atoms with Crippen LogP contribution < -0.4 is 0 Å². The lowest BCUT2D eigenvalue weighted by Gasteiger charge is -2.31. The zero-order valence-corrected chi connectivity index (χ0v) is 6.86. The van der Waals surface area contributed by atoms with Crippen molar-refractivity contribution in [2.75, 3.05) is 20.2 Å². The van der Waals surface area contributed by atoms with Crippen LogP contribution in [0, 0.1) is 0 Å². The van der Waals surface area contributed by atoms with Crippen LogP contribution in [0.3, 0.4) is 0 Å². The number of methoxy groups -OCH3 is 1. The fourth-order valence-electron chi connectivity index (χ4n) is 1.32. The van der Waals surface area contributed by atoms with E-state index in [-0.39, 0.29) is 6.54 Å². The number of carbonyl (C=O) groups is 1. The maximum absolute atomic E-state index is 13.0. The van der Waals surface area contributed by atoms with Crippen molar-refractivity contribution < 1.29 is 19.0 Å². The first-order valence-corrected chi connectivity index (χ1v) is 3.80. The number of rotatable bonds is 1. The third-order valence-electron chi connectivity index (χ3n) is 2.06. The average Bonchev–Trinajstić information content (AvgIpc) is 2.04. The van der Waals surface area contributed by atoms with Crippen LogP contribution in [0.25, 0.3) is 0 Å². The zero-order chi connectivity index (χ0) is 9.14. The van der Waals surface area contributed by atoms with E-state index in [1.807, 2.05) is 0 Å². The Labute approximate surface area is 69.9 Å². The van der Waals surface area contributed by atoms with Gasteiger partial charge in [-0.2, -0.15) is 0 Å². The summed E-state index contributed by atoms with van der Waals surface area (Å²) in [5.41, 5.74) is 0. The third-order valence-corrected chi connectivity index (χ3v) is 2.06. The van der Waals surface area contributed by atoms with Gasteiger partial charge in [-0.25, -0.2) is 9.18 Å². The molecule has 0 bridgehead atoms. The minimum Gasteiger partial charge on any atom is -0.465 e. The van der Waals surface area contributed by atoms with Crippen molar-refractivity contribution in [3.8, 4) is 0 Å². The van der Waals surface area contributed by atoms with Gasteiger partial charge in [0.05, 0.1) is 12.6 Å². The molecule has 1 fully saturated rings. The summed E-state index contributed by atoms with van der Waals surface area (Å²) in [6, 6.07) is 0. The molecule has 0 aromatic carbocycles. The smallest absolute Gasteiger partial charge is 0.407 e. The van der Waals surface area contributed by atoms with Crippen LogP contribution >= 0.6 is 0 Å². The van der Waals surface area contributed by atoms with Crippen LogP contribution in [0.2, 0.25) is 0 Å². The summed E-state index contributed by atoms with van der Waals surface area (Å²) in [4.78, 5) is 11.5. The summed E-state index contributed by atoms with van der Waals surface area (Å²) < 4.78 is 17.9. The van der Waals surface area contributed by atoms with Gasteiger partial charge < -0.3 is 14.7 Å². The Bertz CT molecular complexity index is 176. The third kappa shape index (κ3) is 1.85. The molecule has 1 N–H and O–H groups in total. The first kappa shape index (κ1) is 9.25. The molecule has 4 nitrogen and oxygen atoms in total. The van der Waals surface area contributed by atoms with Crippen molar-refractivity contribution in [2.45, 2.75) is 18.7 Å². The topological polar surface area (TPSA) is 49.8 Å². The van der Waals surface area contributed by atoms with Crippen molar-refractivity contribution >= 4 is 6.09 Å². The lowest BCUT2D eigenvalue weighted by molar-refractivity contribution is -0.0175. The summed E-state index contributed by atoms with van der Waals surface area (Å²) in [6.45, 7) is 0.280. The van der Waals surface area contributed by atoms with E-state index in [1.54, 1.807) is 0 Å². The van der Waals surface area contributed by atoms with Gasteiger partial charge in [-0.05, 0) is 6.42 Å². The van der Waals surface area contributed by atoms with Gasteiger partial charge in [-0.1, -0.05) is 0 Å². The number of amides is 1. The monoisotopic (exact) mass is 177 g/mol. The number of alkyl halides is 1. The number of ether oxygens (including phenoxy) is 1. The van der Waals surface area contributed by atoms with Crippen LogP contribution in [-0.2, 0) is 4.74 Å². The highest BCUT2D eigenvalue weighted by Crippen LogP contribution is 2.16. The normalized spacial score (nSPS) is 30.3. The van der Waals surface area contributed by atoms with E-state index in [1.165, 1.54) is 7.11 Å². The molecule has 1 rings (SSSR count). The van der Waals surface area contributed by atoms with Crippen molar-refractivity contribution in [1.29, 1.82) is 0 Å². The SMILES string of the molecule is CO[C@@H]1CCN(C(=O)O)C[C@@H]1F. The van der Waals surface area contributed by atoms with Gasteiger partial charge in [0.2, 0.25) is 0 Å². The second-order valence-corrected chi connectivity index (χ2v) is 2.81. The lowest BCUT2D eigenvalue weighted by atomic mass is 10.1. The fourth-order valence-corrected chi connectivity index (χ4v) is 1.32. The van der Waals surface area contributed by atoms with Crippen molar-refractivity contribution in [3.05, 3.63) is 0 Å². The van der Waals surface area contributed by atoms with Crippen LogP contribution in [0.4, 0.5) is 9.18 Å². The molecule has 0 unspecified atom stereocenters. The Balaban J connectivity index is 2.46. The molecule has 0 aromatic heterocycles. The Morgan fingerprint density at radius 3 is 2.83 bits per heavy atom. The predicted octanol–water partition coefficient (Wildman–Crippen LogP) is 0.723. The second-order valence-electron chi connectivity index (χ2n) is 2.81. The minimum atomic E-state index is -1.19. The van der Waals surface area contributed by atoms with Gasteiger partial charge in [0.15, 0.2) is 0 Å². The number of nitrogens with zero attached hydrogens (tertiary/aromatic N) is 1. The number of hydrogen-bond donors (Lipinski definition) is 1. The highest BCUT2D eigenvalue weighted by atomic mass is 19.1. The standard InChI is InChI=1S/C7H12FNO3/c1-12-6-2-3-9(7(10)11)4-5(6)8/h5-6H,2-4H2,1H3,(H,10,11)/t5-,6+/m0/s1. The number of piperidine rings is 1. The van der Waals surface area contributed by atoms with Gasteiger partial charge in [0.25, 0.3) is 0 Å². The summed E-state index contributed by atoms with van der Waals surface area (Å²) >= 11 is 0. The predicted molar refractivity (Wildman–Crippen MR) is 39.9 cm³/mol. The van der Waals surface area contributed by atoms with E-state index < -0.39 is 18.4 Å². The summed E-state index contributed by atoms with van der Waals surface area (Å²) in [7, 11) is 1.44. The zero-order valence-electron chi connectivity index (χ0n) is 6.86. The molecule has 1 saturated heterocycles. The van der Waals surface area contributed by atoms with Crippen LogP contribution in [0.1, 0.15) is 6.42 Å². The molecular weight excluding hydrogens is 165 g/mol. The Morgan fingerprint density at radius 1 is 1.75 bits per heavy atom. The number of hydrogen-bond acceptors (Lipinski definition) is 2. The quantitative estimate of drug-likeness (QED) is 0.642. The Morgan fingerprint density at radius 2 is 2.42 bits per heavy atom. The maximum atomic E-state index is 13.0. The highest BCUT2D eigenvalue weighted by molar-refractivity contribution is 5.65. The Kier molecular flexibility index (Phi) is 2.86. The first-order chi connectivity index (χ1) is 5.65. The van der Waals surface area contributed by atoms with Gasteiger partial charge in [0, 0.05) is 13.7 Å². The minimum absolute atomic E-state index is 0.0756. The van der Waals surface area contributed by atoms with Crippen molar-refractivity contribution in [3.63, 3.8) is 0 Å². The van der Waals surface area contributed by atoms with Crippen LogP contribution in [-0.4, -0.2) is 48.6 Å². The molecule has 0 saturated carbocycles. The number of halogens is 1. The molecular formula is C7H12FNO3. The summed E-state index contributed by atoms with van der Waals surface area (Å²) in [5, 5.41) is 8.53. The molecule has 12 heavy (non-hydrogen) atoms. The molecule has 1 heterocycles. The van der Waals surface area contributed by atoms with E-state index in [2.05, 4.69) is 0 Å². The van der Waals surface area contributed by atoms with Gasteiger partial charge >= 0.3 is 6.09 Å². The van der Waals surface area contributed by atoms with Crippen molar-refractivity contribution in [1.82, 2.24) is 4.90 Å². The van der Waals surface area contributed by atoms with E-state index in [4.69, 9.17) is 9.84 Å². The molecule has 1 aliphatic rings. The first-order valence-electron chi connectivity index (χ1n) is 3.80. The van der Waals surface area contributed by atoms with Crippen LogP contribution in [0.15, 0.2) is 0 Å². The fraction of sp³-hybridized carbons (Fsp3) is 0.857. The summed E-state index contributed by atoms with van der Waals surface area (Å²) in [5.74, 6) is 0. The number of carboxylic acid groups (broad SMARTS) is 1. The Hall–Kier alpha value is -0.840. The largest absolute Gasteiger partial charge is 0.465 e. The van der Waals surface area contributed by atoms with Crippen LogP contribution in [0.5, 0.6) is 0 Å². The summed E-state index contributed by atoms with van der Waals surface area (Å²) in [6.07, 6.45) is -2.27. The van der Waals surface area contributed by atoms with Gasteiger partial charge in [-0.15, -0.1) is 0 Å². The van der Waals surface area contributed by atoms with Gasteiger partial charge in [0.1, 0.15) is 6.17 Å². The van der Waals surface area contributed by atoms with E-state index >= 15 is 0 Å². The second kappa shape index (κ2) is 3.71. The maximum Gasteiger partial charge on any atom is 0.407 e. The van der Waals surface area contributed by atoms with E-state index in [9.17, 15) is 9.18 Å². The molecule has 0 radical (unpaired) electrons. The molecule has 1 amide bonds. The lowest BCUT2D eigenvalue weighted by Crippen LogP contribution is -2.47. The van der Waals surface area contributed by atoms with Crippen molar-refractivity contribution in [2.24, 2.45) is 0 Å². The molecule has 70 valence electrons. The molecule has 1 aliphatic heterocycles. The van der Waals surface area contributed by atoms with E-state index in [0.29, 0.717) is 13.0 Å². The molecule has 0 aromatic rings.